The summed E-state index contributed by atoms with van der Waals surface area (Å²) in [6, 6.07) is 4.79. The van der Waals surface area contributed by atoms with E-state index in [0.29, 0.717) is 6.61 Å². The number of benzene rings is 1. The molecule has 0 unspecified atom stereocenters. The molecule has 20 heavy (non-hydrogen) atoms. The summed E-state index contributed by atoms with van der Waals surface area (Å²) in [5, 5.41) is 11.0. The number of tetrazole rings is 1. The molecule has 2 aromatic rings. The molecule has 0 fully saturated rings. The minimum Gasteiger partial charge on any atom is -0.493 e. The number of fused-ring (bicyclic) bond motifs is 1. The Hall–Kier alpha value is -2.16. The van der Waals surface area contributed by atoms with Gasteiger partial charge in [0.15, 0.2) is 0 Å². The number of sulfonamides is 1. The van der Waals surface area contributed by atoms with E-state index in [-0.39, 0.29) is 10.8 Å². The van der Waals surface area contributed by atoms with E-state index in [2.05, 4.69) is 20.1 Å². The molecule has 0 amide bonds. The fourth-order valence-electron chi connectivity index (χ4n) is 2.01. The van der Waals surface area contributed by atoms with E-state index in [0.717, 1.165) is 24.2 Å². The van der Waals surface area contributed by atoms with Crippen molar-refractivity contribution in [3.05, 3.63) is 23.8 Å². The van der Waals surface area contributed by atoms with Gasteiger partial charge in [0.25, 0.3) is 16.0 Å². The highest BCUT2D eigenvalue weighted by Gasteiger charge is 2.20. The number of aromatic nitrogens is 4. The predicted octanol–water partition coefficient (Wildman–Crippen LogP) is 0.336. The molecule has 106 valence electrons. The molecule has 0 aliphatic carbocycles. The lowest BCUT2D eigenvalue weighted by molar-refractivity contribution is 0.288. The van der Waals surface area contributed by atoms with Gasteiger partial charge in [-0.25, -0.2) is 13.1 Å². The number of ether oxygens (including phenoxy) is 1. The van der Waals surface area contributed by atoms with Crippen molar-refractivity contribution >= 4 is 16.0 Å². The Balaban J connectivity index is 1.91. The fourth-order valence-corrected chi connectivity index (χ4v) is 2.99. The Morgan fingerprint density at radius 3 is 3.00 bits per heavy atom. The van der Waals surface area contributed by atoms with Crippen molar-refractivity contribution in [2.75, 3.05) is 11.3 Å². The summed E-state index contributed by atoms with van der Waals surface area (Å²) in [6.45, 7) is 0.668. The Morgan fingerprint density at radius 2 is 2.25 bits per heavy atom. The maximum Gasteiger partial charge on any atom is 0.277 e. The van der Waals surface area contributed by atoms with E-state index < -0.39 is 10.0 Å². The molecular weight excluding hydrogens is 282 g/mol. The van der Waals surface area contributed by atoms with Crippen LogP contribution in [-0.2, 0) is 23.5 Å². The standard InChI is InChI=1S/C11H13N5O3S/c1-16-13-11(12-15-16)14-20(17,18)9-4-5-10-8(7-9)3-2-6-19-10/h4-5,7H,2-3,6H2,1H3,(H,13,14). The van der Waals surface area contributed by atoms with Crippen LogP contribution in [-0.4, -0.2) is 35.2 Å². The summed E-state index contributed by atoms with van der Waals surface area (Å²) in [5.74, 6) is 0.689. The average Bonchev–Trinajstić information content (AvgIpc) is 2.83. The molecule has 1 N–H and O–H groups in total. The van der Waals surface area contributed by atoms with E-state index >= 15 is 0 Å². The molecule has 3 rings (SSSR count). The molecule has 9 heteroatoms. The minimum atomic E-state index is -3.72. The van der Waals surface area contributed by atoms with Gasteiger partial charge < -0.3 is 4.74 Å². The van der Waals surface area contributed by atoms with E-state index in [1.54, 1.807) is 19.2 Å². The summed E-state index contributed by atoms with van der Waals surface area (Å²) in [5.41, 5.74) is 0.895. The van der Waals surface area contributed by atoms with Crippen molar-refractivity contribution in [2.45, 2.75) is 17.7 Å². The molecule has 0 atom stereocenters. The first-order valence-corrected chi connectivity index (χ1v) is 7.55. The van der Waals surface area contributed by atoms with E-state index in [4.69, 9.17) is 4.74 Å². The van der Waals surface area contributed by atoms with Crippen molar-refractivity contribution < 1.29 is 13.2 Å². The Morgan fingerprint density at radius 1 is 1.40 bits per heavy atom. The summed E-state index contributed by atoms with van der Waals surface area (Å²) in [7, 11) is -2.16. The van der Waals surface area contributed by atoms with Crippen LogP contribution in [0, 0.1) is 0 Å². The maximum atomic E-state index is 12.2. The van der Waals surface area contributed by atoms with Crippen LogP contribution in [0.15, 0.2) is 23.1 Å². The third-order valence-corrected chi connectivity index (χ3v) is 4.25. The van der Waals surface area contributed by atoms with Crippen molar-refractivity contribution in [2.24, 2.45) is 7.05 Å². The lowest BCUT2D eigenvalue weighted by atomic mass is 10.1. The SMILES string of the molecule is Cn1nnc(NS(=O)(=O)c2ccc3c(c2)CCCO3)n1. The normalized spacial score (nSPS) is 14.4. The molecule has 1 aromatic carbocycles. The van der Waals surface area contributed by atoms with Crippen LogP contribution in [0.3, 0.4) is 0 Å². The molecule has 1 aliphatic rings. The van der Waals surface area contributed by atoms with Gasteiger partial charge in [0.1, 0.15) is 5.75 Å². The zero-order chi connectivity index (χ0) is 14.2. The Kier molecular flexibility index (Phi) is 3.05. The summed E-state index contributed by atoms with van der Waals surface area (Å²) in [4.78, 5) is 1.34. The van der Waals surface area contributed by atoms with Crippen LogP contribution in [0.5, 0.6) is 5.75 Å². The number of anilines is 1. The van der Waals surface area contributed by atoms with E-state index in [9.17, 15) is 8.42 Å². The van der Waals surface area contributed by atoms with Gasteiger partial charge >= 0.3 is 0 Å². The molecule has 1 aliphatic heterocycles. The number of rotatable bonds is 3. The average molecular weight is 295 g/mol. The third-order valence-electron chi connectivity index (χ3n) is 2.92. The molecular formula is C11H13N5O3S. The molecule has 8 nitrogen and oxygen atoms in total. The van der Waals surface area contributed by atoms with Crippen molar-refractivity contribution in [1.29, 1.82) is 0 Å². The van der Waals surface area contributed by atoms with Gasteiger partial charge in [0.05, 0.1) is 18.6 Å². The van der Waals surface area contributed by atoms with Gasteiger partial charge in [0, 0.05) is 0 Å². The molecule has 0 saturated heterocycles. The quantitative estimate of drug-likeness (QED) is 0.876. The summed E-state index contributed by atoms with van der Waals surface area (Å²) < 4.78 is 32.2. The van der Waals surface area contributed by atoms with Crippen LogP contribution < -0.4 is 9.46 Å². The second kappa shape index (κ2) is 4.75. The highest BCUT2D eigenvalue weighted by Crippen LogP contribution is 2.27. The zero-order valence-corrected chi connectivity index (χ0v) is 11.6. The predicted molar refractivity (Wildman–Crippen MR) is 69.9 cm³/mol. The minimum absolute atomic E-state index is 0.0542. The van der Waals surface area contributed by atoms with Gasteiger partial charge in [-0.3, -0.25) is 0 Å². The molecule has 1 aromatic heterocycles. The van der Waals surface area contributed by atoms with Crippen LogP contribution in [0.2, 0.25) is 0 Å². The van der Waals surface area contributed by atoms with Crippen molar-refractivity contribution in [3.8, 4) is 5.75 Å². The van der Waals surface area contributed by atoms with Gasteiger partial charge in [-0.1, -0.05) is 5.10 Å². The number of hydrogen-bond acceptors (Lipinski definition) is 6. The monoisotopic (exact) mass is 295 g/mol. The lowest BCUT2D eigenvalue weighted by Gasteiger charge is -2.17. The van der Waals surface area contributed by atoms with E-state index in [1.165, 1.54) is 10.9 Å². The smallest absolute Gasteiger partial charge is 0.277 e. The van der Waals surface area contributed by atoms with Gasteiger partial charge in [-0.15, -0.1) is 5.10 Å². The number of hydrogen-bond donors (Lipinski definition) is 1. The Labute approximate surface area is 115 Å². The van der Waals surface area contributed by atoms with Crippen LogP contribution in [0.1, 0.15) is 12.0 Å². The molecule has 0 saturated carbocycles. The van der Waals surface area contributed by atoms with Crippen molar-refractivity contribution in [3.63, 3.8) is 0 Å². The number of nitrogens with zero attached hydrogens (tertiary/aromatic N) is 4. The third kappa shape index (κ3) is 2.44. The molecule has 0 spiro atoms. The second-order valence-corrected chi connectivity index (χ2v) is 6.11. The number of nitrogens with one attached hydrogen (secondary N) is 1. The van der Waals surface area contributed by atoms with Gasteiger partial charge in [0.2, 0.25) is 0 Å². The highest BCUT2D eigenvalue weighted by atomic mass is 32.2. The van der Waals surface area contributed by atoms with Crippen LogP contribution in [0.25, 0.3) is 0 Å². The first-order chi connectivity index (χ1) is 9.54. The maximum absolute atomic E-state index is 12.2. The Bertz CT molecular complexity index is 740. The zero-order valence-electron chi connectivity index (χ0n) is 10.8. The largest absolute Gasteiger partial charge is 0.493 e. The van der Waals surface area contributed by atoms with Gasteiger partial charge in [-0.05, 0) is 41.8 Å². The molecule has 0 radical (unpaired) electrons. The topological polar surface area (TPSA) is 99.0 Å². The molecule has 0 bridgehead atoms. The van der Waals surface area contributed by atoms with Crippen LogP contribution in [0.4, 0.5) is 5.95 Å². The first kappa shape index (κ1) is 12.9. The van der Waals surface area contributed by atoms with Gasteiger partial charge in [-0.2, -0.15) is 4.80 Å². The van der Waals surface area contributed by atoms with E-state index in [1.807, 2.05) is 0 Å². The second-order valence-electron chi connectivity index (χ2n) is 4.43. The summed E-state index contributed by atoms with van der Waals surface area (Å²) >= 11 is 0. The highest BCUT2D eigenvalue weighted by molar-refractivity contribution is 7.92. The van der Waals surface area contributed by atoms with Crippen molar-refractivity contribution in [1.82, 2.24) is 20.2 Å². The molecule has 2 heterocycles. The lowest BCUT2D eigenvalue weighted by Crippen LogP contribution is -2.16. The summed E-state index contributed by atoms with van der Waals surface area (Å²) in [6.07, 6.45) is 1.69. The van der Waals surface area contributed by atoms with Crippen LogP contribution >= 0.6 is 0 Å². The first-order valence-electron chi connectivity index (χ1n) is 6.07. The fraction of sp³-hybridized carbons (Fsp3) is 0.364. The number of aryl methyl sites for hydroxylation is 2.